The van der Waals surface area contributed by atoms with E-state index < -0.39 is 0 Å². The molecule has 1 atom stereocenters. The van der Waals surface area contributed by atoms with Gasteiger partial charge in [0.15, 0.2) is 16.6 Å². The predicted molar refractivity (Wildman–Crippen MR) is 134 cm³/mol. The zero-order valence-corrected chi connectivity index (χ0v) is 20.0. The average Bonchev–Trinajstić information content (AvgIpc) is 3.33. The monoisotopic (exact) mass is 467 g/mol. The molecule has 3 aromatic rings. The molecule has 0 amide bonds. The molecule has 0 saturated carbocycles. The number of anilines is 1. The molecule has 1 aromatic heterocycles. The fourth-order valence-corrected chi connectivity index (χ4v) is 4.25. The van der Waals surface area contributed by atoms with Gasteiger partial charge in [0.2, 0.25) is 0 Å². The molecular formula is C25H29N3O4S. The molecule has 0 radical (unpaired) electrons. The molecule has 0 aliphatic carbocycles. The summed E-state index contributed by atoms with van der Waals surface area (Å²) in [6, 6.07) is 13.6. The Hall–Kier alpha value is -3.10. The molecule has 1 saturated heterocycles. The van der Waals surface area contributed by atoms with Crippen LogP contribution in [0.4, 0.5) is 5.69 Å². The quantitative estimate of drug-likeness (QED) is 0.504. The number of ether oxygens (including phenoxy) is 3. The van der Waals surface area contributed by atoms with Crippen LogP contribution >= 0.6 is 12.2 Å². The number of nitrogens with one attached hydrogen (secondary N) is 2. The molecule has 2 heterocycles. The first-order valence-corrected chi connectivity index (χ1v) is 11.4. The first-order valence-electron chi connectivity index (χ1n) is 11.0. The number of fused-ring (bicyclic) bond motifs is 1. The zero-order valence-electron chi connectivity index (χ0n) is 19.1. The summed E-state index contributed by atoms with van der Waals surface area (Å²) < 4.78 is 16.6. The zero-order chi connectivity index (χ0) is 23.4. The molecule has 1 fully saturated rings. The Kier molecular flexibility index (Phi) is 7.15. The lowest BCUT2D eigenvalue weighted by Crippen LogP contribution is -2.40. The molecule has 1 aliphatic heterocycles. The Morgan fingerprint density at radius 3 is 2.58 bits per heavy atom. The third kappa shape index (κ3) is 5.46. The van der Waals surface area contributed by atoms with Crippen LogP contribution in [0.5, 0.6) is 11.5 Å². The van der Waals surface area contributed by atoms with Gasteiger partial charge in [-0.1, -0.05) is 17.7 Å². The van der Waals surface area contributed by atoms with Crippen LogP contribution in [0.1, 0.15) is 24.0 Å². The van der Waals surface area contributed by atoms with Crippen LogP contribution < -0.4 is 20.3 Å². The van der Waals surface area contributed by atoms with Gasteiger partial charge in [-0.2, -0.15) is 0 Å². The van der Waals surface area contributed by atoms with Gasteiger partial charge in [0, 0.05) is 35.9 Å². The molecular weight excluding hydrogens is 438 g/mol. The number of H-pyrrole nitrogens is 1. The Bertz CT molecular complexity index is 1190. The van der Waals surface area contributed by atoms with Gasteiger partial charge in [-0.3, -0.25) is 4.79 Å². The highest BCUT2D eigenvalue weighted by molar-refractivity contribution is 7.80. The summed E-state index contributed by atoms with van der Waals surface area (Å²) in [6.45, 7) is 3.77. The highest BCUT2D eigenvalue weighted by atomic mass is 32.1. The molecule has 0 bridgehead atoms. The molecule has 2 aromatic carbocycles. The van der Waals surface area contributed by atoms with Crippen LogP contribution in [0, 0.1) is 6.92 Å². The highest BCUT2D eigenvalue weighted by Gasteiger charge is 2.22. The largest absolute Gasteiger partial charge is 0.493 e. The van der Waals surface area contributed by atoms with Crippen molar-refractivity contribution in [1.82, 2.24) is 9.88 Å². The summed E-state index contributed by atoms with van der Waals surface area (Å²) in [5.41, 5.74) is 3.23. The molecule has 1 aliphatic rings. The number of pyridine rings is 1. The number of hydrogen-bond donors (Lipinski definition) is 2. The van der Waals surface area contributed by atoms with E-state index in [0.29, 0.717) is 40.8 Å². The van der Waals surface area contributed by atoms with Crippen molar-refractivity contribution in [1.29, 1.82) is 0 Å². The summed E-state index contributed by atoms with van der Waals surface area (Å²) >= 11 is 5.75. The number of nitrogens with zero attached hydrogens (tertiary/aromatic N) is 1. The van der Waals surface area contributed by atoms with E-state index in [2.05, 4.69) is 10.3 Å². The van der Waals surface area contributed by atoms with Gasteiger partial charge < -0.3 is 29.4 Å². The van der Waals surface area contributed by atoms with E-state index >= 15 is 0 Å². The molecule has 0 spiro atoms. The van der Waals surface area contributed by atoms with Gasteiger partial charge in [0.1, 0.15) is 0 Å². The number of thiocarbonyl (C=S) groups is 1. The maximum Gasteiger partial charge on any atom is 0.253 e. The Labute approximate surface area is 198 Å². The molecule has 7 nitrogen and oxygen atoms in total. The lowest BCUT2D eigenvalue weighted by atomic mass is 10.1. The molecule has 2 N–H and O–H groups in total. The maximum absolute atomic E-state index is 12.9. The second-order valence-electron chi connectivity index (χ2n) is 8.23. The Morgan fingerprint density at radius 1 is 1.18 bits per heavy atom. The molecule has 8 heteroatoms. The fraction of sp³-hybridized carbons (Fsp3) is 0.360. The van der Waals surface area contributed by atoms with Gasteiger partial charge in [0.05, 0.1) is 32.4 Å². The van der Waals surface area contributed by atoms with Crippen molar-refractivity contribution < 1.29 is 14.2 Å². The van der Waals surface area contributed by atoms with Crippen molar-refractivity contribution in [2.75, 3.05) is 32.7 Å². The Balaban J connectivity index is 1.62. The minimum absolute atomic E-state index is 0.0895. The summed E-state index contributed by atoms with van der Waals surface area (Å²) in [7, 11) is 3.16. The second-order valence-corrected chi connectivity index (χ2v) is 8.62. The summed E-state index contributed by atoms with van der Waals surface area (Å²) in [6.07, 6.45) is 2.11. The van der Waals surface area contributed by atoms with Crippen LogP contribution in [-0.2, 0) is 11.3 Å². The van der Waals surface area contributed by atoms with Gasteiger partial charge in [0.25, 0.3) is 5.56 Å². The summed E-state index contributed by atoms with van der Waals surface area (Å²) in [5, 5.41) is 4.72. The van der Waals surface area contributed by atoms with E-state index in [9.17, 15) is 4.79 Å². The number of methoxy groups -OCH3 is 2. The first kappa shape index (κ1) is 23.1. The maximum atomic E-state index is 12.9. The Morgan fingerprint density at radius 2 is 1.91 bits per heavy atom. The van der Waals surface area contributed by atoms with E-state index in [1.54, 1.807) is 20.3 Å². The molecule has 174 valence electrons. The van der Waals surface area contributed by atoms with Crippen LogP contribution in [-0.4, -0.2) is 48.5 Å². The number of benzene rings is 2. The van der Waals surface area contributed by atoms with E-state index in [1.165, 1.54) is 5.56 Å². The van der Waals surface area contributed by atoms with Gasteiger partial charge in [-0.25, -0.2) is 0 Å². The second kappa shape index (κ2) is 10.2. The van der Waals surface area contributed by atoms with Gasteiger partial charge in [-0.05, 0) is 56.2 Å². The third-order valence-electron chi connectivity index (χ3n) is 5.82. The van der Waals surface area contributed by atoms with Crippen LogP contribution in [0.15, 0.2) is 47.3 Å². The van der Waals surface area contributed by atoms with E-state index in [4.69, 9.17) is 26.4 Å². The van der Waals surface area contributed by atoms with Crippen molar-refractivity contribution in [3.8, 4) is 11.5 Å². The van der Waals surface area contributed by atoms with Crippen LogP contribution in [0.2, 0.25) is 0 Å². The van der Waals surface area contributed by atoms with Crippen LogP contribution in [0.25, 0.3) is 10.9 Å². The smallest absolute Gasteiger partial charge is 0.253 e. The van der Waals surface area contributed by atoms with Crippen molar-refractivity contribution >= 4 is 33.9 Å². The third-order valence-corrected chi connectivity index (χ3v) is 6.18. The predicted octanol–water partition coefficient (Wildman–Crippen LogP) is 4.23. The van der Waals surface area contributed by atoms with Crippen molar-refractivity contribution in [2.24, 2.45) is 0 Å². The van der Waals surface area contributed by atoms with E-state index in [-0.39, 0.29) is 11.7 Å². The van der Waals surface area contributed by atoms with E-state index in [0.717, 1.165) is 30.5 Å². The summed E-state index contributed by atoms with van der Waals surface area (Å²) in [4.78, 5) is 17.9. The fourth-order valence-electron chi connectivity index (χ4n) is 3.99. The van der Waals surface area contributed by atoms with Crippen LogP contribution in [0.3, 0.4) is 0 Å². The molecule has 0 unspecified atom stereocenters. The molecule has 4 rings (SSSR count). The molecule has 33 heavy (non-hydrogen) atoms. The minimum Gasteiger partial charge on any atom is -0.493 e. The first-order chi connectivity index (χ1) is 16.0. The van der Waals surface area contributed by atoms with Gasteiger partial charge in [-0.15, -0.1) is 0 Å². The average molecular weight is 468 g/mol. The van der Waals surface area contributed by atoms with Gasteiger partial charge >= 0.3 is 0 Å². The normalized spacial score (nSPS) is 15.4. The number of aromatic nitrogens is 1. The van der Waals surface area contributed by atoms with E-state index in [1.807, 2.05) is 48.2 Å². The SMILES string of the molecule is COc1cc2cc(CN(C[C@H]3CCCO3)C(=S)Nc3ccc(C)cc3)c(=O)[nH]c2cc1OC. The topological polar surface area (TPSA) is 75.8 Å². The summed E-state index contributed by atoms with van der Waals surface area (Å²) in [5.74, 6) is 1.17. The number of aryl methyl sites for hydroxylation is 1. The number of aromatic amines is 1. The number of hydrogen-bond acceptors (Lipinski definition) is 5. The van der Waals surface area contributed by atoms with Crippen molar-refractivity contribution in [3.63, 3.8) is 0 Å². The lowest BCUT2D eigenvalue weighted by molar-refractivity contribution is 0.0904. The number of rotatable bonds is 7. The van der Waals surface area contributed by atoms with Crippen molar-refractivity contribution in [2.45, 2.75) is 32.4 Å². The minimum atomic E-state index is -0.162. The standard InChI is InChI=1S/C25H29N3O4S/c1-16-6-8-19(9-7-16)26-25(33)28(15-20-5-4-10-32-20)14-18-11-17-12-22(30-2)23(31-3)13-21(17)27-24(18)29/h6-9,11-13,20H,4-5,10,14-15H2,1-3H3,(H,26,33)(H,27,29)/t20-/m1/s1. The highest BCUT2D eigenvalue weighted by Crippen LogP contribution is 2.31. The lowest BCUT2D eigenvalue weighted by Gasteiger charge is -2.28. The van der Waals surface area contributed by atoms with Crippen molar-refractivity contribution in [3.05, 3.63) is 63.9 Å².